The Morgan fingerprint density at radius 2 is 1.72 bits per heavy atom. The van der Waals surface area contributed by atoms with Gasteiger partial charge in [-0.1, -0.05) is 18.2 Å². The van der Waals surface area contributed by atoms with Gasteiger partial charge in [0.1, 0.15) is 12.4 Å². The minimum Gasteiger partial charge on any atom is -0.497 e. The zero-order chi connectivity index (χ0) is 18.6. The molecule has 0 spiro atoms. The Bertz CT molecular complexity index is 858. The first kappa shape index (κ1) is 19.0. The molecule has 0 saturated carbocycles. The van der Waals surface area contributed by atoms with Crippen molar-refractivity contribution in [3.8, 4) is 5.75 Å². The number of benzene rings is 2. The smallest absolute Gasteiger partial charge is 0.338 e. The summed E-state index contributed by atoms with van der Waals surface area (Å²) in [6, 6.07) is 11.6. The highest BCUT2D eigenvalue weighted by Gasteiger charge is 2.20. The van der Waals surface area contributed by atoms with Crippen molar-refractivity contribution >= 4 is 16.0 Å². The van der Waals surface area contributed by atoms with E-state index in [0.29, 0.717) is 11.3 Å². The second kappa shape index (κ2) is 7.67. The number of ether oxygens (including phenoxy) is 2. The third kappa shape index (κ3) is 4.37. The van der Waals surface area contributed by atoms with E-state index in [1.165, 1.54) is 26.2 Å². The highest BCUT2D eigenvalue weighted by Crippen LogP contribution is 2.19. The number of hydrogen-bond acceptors (Lipinski definition) is 5. The van der Waals surface area contributed by atoms with E-state index in [4.69, 9.17) is 9.47 Å². The minimum absolute atomic E-state index is 0.0551. The number of carbonyl (C=O) groups excluding carboxylic acids is 1. The van der Waals surface area contributed by atoms with Gasteiger partial charge in [-0.15, -0.1) is 0 Å². The normalized spacial score (nSPS) is 11.4. The largest absolute Gasteiger partial charge is 0.497 e. The Morgan fingerprint density at radius 3 is 2.28 bits per heavy atom. The fourth-order valence-electron chi connectivity index (χ4n) is 2.14. The minimum atomic E-state index is -3.61. The summed E-state index contributed by atoms with van der Waals surface area (Å²) in [5.41, 5.74) is 1.69. The molecule has 0 aromatic heterocycles. The van der Waals surface area contributed by atoms with Crippen molar-refractivity contribution in [2.24, 2.45) is 0 Å². The van der Waals surface area contributed by atoms with Crippen molar-refractivity contribution in [3.63, 3.8) is 0 Å². The fraction of sp³-hybridized carbons (Fsp3) is 0.278. The number of aryl methyl sites for hydroxylation is 1. The molecule has 0 N–H and O–H groups in total. The number of carbonyl (C=O) groups is 1. The summed E-state index contributed by atoms with van der Waals surface area (Å²) in [6.45, 7) is 1.82. The van der Waals surface area contributed by atoms with E-state index in [0.717, 1.165) is 9.87 Å². The van der Waals surface area contributed by atoms with Crippen LogP contribution in [0.4, 0.5) is 0 Å². The van der Waals surface area contributed by atoms with Crippen molar-refractivity contribution in [2.45, 2.75) is 18.4 Å². The van der Waals surface area contributed by atoms with E-state index in [9.17, 15) is 13.2 Å². The molecule has 0 amide bonds. The van der Waals surface area contributed by atoms with Crippen LogP contribution in [0.1, 0.15) is 21.5 Å². The zero-order valence-electron chi connectivity index (χ0n) is 14.6. The average molecular weight is 363 g/mol. The Hall–Kier alpha value is -2.38. The molecular formula is C18H21NO5S. The average Bonchev–Trinajstić information content (AvgIpc) is 2.60. The molecule has 0 saturated heterocycles. The van der Waals surface area contributed by atoms with Crippen LogP contribution in [0.3, 0.4) is 0 Å². The first-order valence-corrected chi connectivity index (χ1v) is 9.03. The molecule has 2 aromatic carbocycles. The van der Waals surface area contributed by atoms with Gasteiger partial charge in [-0.05, 0) is 42.3 Å². The fourth-order valence-corrected chi connectivity index (χ4v) is 3.07. The molecule has 134 valence electrons. The summed E-state index contributed by atoms with van der Waals surface area (Å²) >= 11 is 0. The van der Waals surface area contributed by atoms with E-state index in [-0.39, 0.29) is 17.1 Å². The number of esters is 1. The highest BCUT2D eigenvalue weighted by atomic mass is 32.2. The lowest BCUT2D eigenvalue weighted by Gasteiger charge is -2.13. The number of methoxy groups -OCH3 is 1. The van der Waals surface area contributed by atoms with Gasteiger partial charge in [-0.25, -0.2) is 17.5 Å². The van der Waals surface area contributed by atoms with Crippen LogP contribution in [0.5, 0.6) is 5.75 Å². The molecule has 0 radical (unpaired) electrons. The maximum absolute atomic E-state index is 12.4. The third-order valence-corrected chi connectivity index (χ3v) is 5.55. The van der Waals surface area contributed by atoms with Crippen molar-refractivity contribution in [1.29, 1.82) is 0 Å². The SMILES string of the molecule is COc1ccc(COC(=O)c2cc(S(=O)(=O)N(C)C)ccc2C)cc1. The van der Waals surface area contributed by atoms with Gasteiger partial charge < -0.3 is 9.47 Å². The Morgan fingerprint density at radius 1 is 1.08 bits per heavy atom. The second-order valence-corrected chi connectivity index (χ2v) is 7.84. The van der Waals surface area contributed by atoms with Gasteiger partial charge in [0, 0.05) is 14.1 Å². The zero-order valence-corrected chi connectivity index (χ0v) is 15.5. The predicted octanol–water partition coefficient (Wildman–Crippen LogP) is 2.61. The first-order valence-electron chi connectivity index (χ1n) is 7.59. The lowest BCUT2D eigenvalue weighted by atomic mass is 10.1. The predicted molar refractivity (Wildman–Crippen MR) is 94.2 cm³/mol. The van der Waals surface area contributed by atoms with Gasteiger partial charge in [0.15, 0.2) is 0 Å². The first-order chi connectivity index (χ1) is 11.8. The molecule has 6 nitrogen and oxygen atoms in total. The summed E-state index contributed by atoms with van der Waals surface area (Å²) < 4.78 is 35.9. The van der Waals surface area contributed by atoms with Crippen molar-refractivity contribution in [2.75, 3.05) is 21.2 Å². The van der Waals surface area contributed by atoms with Crippen LogP contribution < -0.4 is 4.74 Å². The maximum Gasteiger partial charge on any atom is 0.338 e. The van der Waals surface area contributed by atoms with Crippen molar-refractivity contribution in [1.82, 2.24) is 4.31 Å². The summed E-state index contributed by atoms with van der Waals surface area (Å²) in [7, 11) is 0.846. The summed E-state index contributed by atoms with van der Waals surface area (Å²) in [4.78, 5) is 12.4. The van der Waals surface area contributed by atoms with E-state index < -0.39 is 16.0 Å². The molecule has 0 aliphatic carbocycles. The van der Waals surface area contributed by atoms with E-state index >= 15 is 0 Å². The number of sulfonamides is 1. The molecular weight excluding hydrogens is 342 g/mol. The molecule has 0 unspecified atom stereocenters. The van der Waals surface area contributed by atoms with Crippen LogP contribution >= 0.6 is 0 Å². The summed E-state index contributed by atoms with van der Waals surface area (Å²) in [5.74, 6) is 0.150. The highest BCUT2D eigenvalue weighted by molar-refractivity contribution is 7.89. The number of rotatable bonds is 6. The molecule has 0 heterocycles. The monoisotopic (exact) mass is 363 g/mol. The van der Waals surface area contributed by atoms with E-state index in [2.05, 4.69) is 0 Å². The van der Waals surface area contributed by atoms with Crippen LogP contribution in [-0.4, -0.2) is 39.9 Å². The van der Waals surface area contributed by atoms with Crippen LogP contribution in [0.25, 0.3) is 0 Å². The molecule has 2 aromatic rings. The van der Waals surface area contributed by atoms with Crippen LogP contribution in [0.15, 0.2) is 47.4 Å². The summed E-state index contributed by atoms with van der Waals surface area (Å²) in [6.07, 6.45) is 0. The van der Waals surface area contributed by atoms with E-state index in [1.807, 2.05) is 0 Å². The molecule has 0 aliphatic rings. The molecule has 7 heteroatoms. The van der Waals surface area contributed by atoms with Gasteiger partial charge in [0.25, 0.3) is 0 Å². The van der Waals surface area contributed by atoms with Crippen LogP contribution in [-0.2, 0) is 21.4 Å². The molecule has 0 bridgehead atoms. The van der Waals surface area contributed by atoms with Gasteiger partial charge in [-0.3, -0.25) is 0 Å². The molecule has 0 atom stereocenters. The van der Waals surface area contributed by atoms with Crippen LogP contribution in [0.2, 0.25) is 0 Å². The Kier molecular flexibility index (Phi) is 5.81. The Balaban J connectivity index is 2.18. The van der Waals surface area contributed by atoms with Gasteiger partial charge in [-0.2, -0.15) is 0 Å². The molecule has 25 heavy (non-hydrogen) atoms. The number of nitrogens with zero attached hydrogens (tertiary/aromatic N) is 1. The molecule has 0 aliphatic heterocycles. The second-order valence-electron chi connectivity index (χ2n) is 5.69. The maximum atomic E-state index is 12.4. The van der Waals surface area contributed by atoms with Gasteiger partial charge >= 0.3 is 5.97 Å². The van der Waals surface area contributed by atoms with E-state index in [1.54, 1.807) is 44.4 Å². The number of hydrogen-bond donors (Lipinski definition) is 0. The quantitative estimate of drug-likeness (QED) is 0.738. The van der Waals surface area contributed by atoms with Crippen molar-refractivity contribution in [3.05, 3.63) is 59.2 Å². The lowest BCUT2D eigenvalue weighted by molar-refractivity contribution is 0.0471. The topological polar surface area (TPSA) is 72.9 Å². The lowest BCUT2D eigenvalue weighted by Crippen LogP contribution is -2.22. The molecule has 0 fully saturated rings. The molecule has 2 rings (SSSR count). The van der Waals surface area contributed by atoms with Crippen LogP contribution in [0, 0.1) is 6.92 Å². The van der Waals surface area contributed by atoms with Gasteiger partial charge in [0.2, 0.25) is 10.0 Å². The van der Waals surface area contributed by atoms with Crippen molar-refractivity contribution < 1.29 is 22.7 Å². The Labute approximate surface area is 148 Å². The summed E-state index contributed by atoms with van der Waals surface area (Å²) in [5, 5.41) is 0. The third-order valence-electron chi connectivity index (χ3n) is 3.74. The van der Waals surface area contributed by atoms with Gasteiger partial charge in [0.05, 0.1) is 17.6 Å². The standard InChI is InChI=1S/C18H21NO5S/c1-13-5-10-16(25(21,22)19(2)3)11-17(13)18(20)24-12-14-6-8-15(23-4)9-7-14/h5-11H,12H2,1-4H3.